The Hall–Kier alpha value is -1.89. The Bertz CT molecular complexity index is 564. The van der Waals surface area contributed by atoms with Gasteiger partial charge in [-0.25, -0.2) is 4.98 Å². The lowest BCUT2D eigenvalue weighted by Crippen LogP contribution is -2.05. The van der Waals surface area contributed by atoms with Crippen LogP contribution in [-0.4, -0.2) is 34.4 Å². The molecule has 108 valence electrons. The number of aryl methyl sites for hydroxylation is 2. The van der Waals surface area contributed by atoms with E-state index in [0.717, 1.165) is 23.8 Å². The summed E-state index contributed by atoms with van der Waals surface area (Å²) in [4.78, 5) is 15.5. The highest BCUT2D eigenvalue weighted by Gasteiger charge is 2.05. The van der Waals surface area contributed by atoms with Crippen molar-refractivity contribution >= 4 is 22.4 Å². The molecule has 2 heterocycles. The first-order valence-corrected chi connectivity index (χ1v) is 7.28. The normalized spacial score (nSPS) is 10.5. The fraction of sp³-hybridized carbons (Fsp3) is 0.462. The Morgan fingerprint density at radius 1 is 1.50 bits per heavy atom. The topological polar surface area (TPSA) is 69.0 Å². The van der Waals surface area contributed by atoms with E-state index in [1.165, 1.54) is 12.7 Å². The Kier molecular flexibility index (Phi) is 5.11. The van der Waals surface area contributed by atoms with Gasteiger partial charge < -0.3 is 10.1 Å². The standard InChI is InChI=1S/C13H18N4O2S/c1-17-8-10(7-15-17)5-6-14-13-16-11(9-20-13)3-4-12(18)19-2/h7-9H,3-6H2,1-2H3,(H,14,16). The van der Waals surface area contributed by atoms with Crippen molar-refractivity contribution in [3.63, 3.8) is 0 Å². The number of rotatable bonds is 7. The average Bonchev–Trinajstić information content (AvgIpc) is 3.05. The molecule has 0 aliphatic heterocycles. The number of hydrogen-bond acceptors (Lipinski definition) is 6. The second-order valence-electron chi connectivity index (χ2n) is 4.42. The van der Waals surface area contributed by atoms with E-state index in [9.17, 15) is 4.79 Å². The zero-order valence-corrected chi connectivity index (χ0v) is 12.4. The van der Waals surface area contributed by atoms with Crippen LogP contribution >= 0.6 is 11.3 Å². The zero-order chi connectivity index (χ0) is 14.4. The lowest BCUT2D eigenvalue weighted by atomic mass is 10.2. The van der Waals surface area contributed by atoms with E-state index in [4.69, 9.17) is 0 Å². The van der Waals surface area contributed by atoms with E-state index in [1.807, 2.05) is 24.8 Å². The Morgan fingerprint density at radius 3 is 3.05 bits per heavy atom. The molecule has 2 rings (SSSR count). The maximum absolute atomic E-state index is 11.1. The van der Waals surface area contributed by atoms with Gasteiger partial charge in [0.2, 0.25) is 0 Å². The van der Waals surface area contributed by atoms with Crippen molar-refractivity contribution in [2.24, 2.45) is 7.05 Å². The van der Waals surface area contributed by atoms with Gasteiger partial charge in [0.1, 0.15) is 0 Å². The summed E-state index contributed by atoms with van der Waals surface area (Å²) in [6.45, 7) is 0.815. The number of nitrogens with zero attached hydrogens (tertiary/aromatic N) is 3. The molecular formula is C13H18N4O2S. The fourth-order valence-electron chi connectivity index (χ4n) is 1.75. The second-order valence-corrected chi connectivity index (χ2v) is 5.28. The van der Waals surface area contributed by atoms with Gasteiger partial charge in [0.25, 0.3) is 0 Å². The first-order valence-electron chi connectivity index (χ1n) is 6.40. The van der Waals surface area contributed by atoms with Gasteiger partial charge in [-0.15, -0.1) is 11.3 Å². The number of ether oxygens (including phenoxy) is 1. The summed E-state index contributed by atoms with van der Waals surface area (Å²) in [5, 5.41) is 10.3. The highest BCUT2D eigenvalue weighted by Crippen LogP contribution is 2.16. The van der Waals surface area contributed by atoms with Gasteiger partial charge in [0, 0.05) is 31.6 Å². The molecule has 2 aromatic heterocycles. The number of esters is 1. The number of thiazole rings is 1. The molecule has 1 N–H and O–H groups in total. The minimum Gasteiger partial charge on any atom is -0.469 e. The third-order valence-corrected chi connectivity index (χ3v) is 3.66. The van der Waals surface area contributed by atoms with Crippen LogP contribution in [0.1, 0.15) is 17.7 Å². The Morgan fingerprint density at radius 2 is 2.35 bits per heavy atom. The number of anilines is 1. The van der Waals surface area contributed by atoms with Crippen LogP contribution in [0.25, 0.3) is 0 Å². The monoisotopic (exact) mass is 294 g/mol. The minimum absolute atomic E-state index is 0.205. The van der Waals surface area contributed by atoms with Crippen LogP contribution in [0.2, 0.25) is 0 Å². The quantitative estimate of drug-likeness (QED) is 0.786. The molecule has 0 fully saturated rings. The SMILES string of the molecule is COC(=O)CCc1csc(NCCc2cnn(C)c2)n1. The van der Waals surface area contributed by atoms with E-state index >= 15 is 0 Å². The number of methoxy groups -OCH3 is 1. The van der Waals surface area contributed by atoms with Gasteiger partial charge in [-0.05, 0) is 12.0 Å². The van der Waals surface area contributed by atoms with E-state index in [2.05, 4.69) is 20.1 Å². The summed E-state index contributed by atoms with van der Waals surface area (Å²) < 4.78 is 6.40. The van der Waals surface area contributed by atoms with Crippen molar-refractivity contribution < 1.29 is 9.53 Å². The molecule has 0 radical (unpaired) electrons. The van der Waals surface area contributed by atoms with E-state index < -0.39 is 0 Å². The Balaban J connectivity index is 1.73. The van der Waals surface area contributed by atoms with Gasteiger partial charge in [-0.2, -0.15) is 5.10 Å². The summed E-state index contributed by atoms with van der Waals surface area (Å²) in [6.07, 6.45) is 5.77. The van der Waals surface area contributed by atoms with Crippen LogP contribution in [0.3, 0.4) is 0 Å². The summed E-state index contributed by atoms with van der Waals surface area (Å²) >= 11 is 1.55. The summed E-state index contributed by atoms with van der Waals surface area (Å²) in [6, 6.07) is 0. The molecule has 20 heavy (non-hydrogen) atoms. The number of nitrogens with one attached hydrogen (secondary N) is 1. The minimum atomic E-state index is -0.205. The van der Waals surface area contributed by atoms with Crippen LogP contribution in [0.5, 0.6) is 0 Å². The molecule has 0 saturated heterocycles. The molecule has 0 aliphatic rings. The van der Waals surface area contributed by atoms with Crippen molar-refractivity contribution in [3.8, 4) is 0 Å². The van der Waals surface area contributed by atoms with Crippen molar-refractivity contribution in [1.82, 2.24) is 14.8 Å². The summed E-state index contributed by atoms with van der Waals surface area (Å²) in [7, 11) is 3.31. The molecule has 0 amide bonds. The number of carbonyl (C=O) groups is 1. The van der Waals surface area contributed by atoms with Crippen molar-refractivity contribution in [1.29, 1.82) is 0 Å². The smallest absolute Gasteiger partial charge is 0.305 e. The first kappa shape index (κ1) is 14.5. The second kappa shape index (κ2) is 7.04. The van der Waals surface area contributed by atoms with Crippen molar-refractivity contribution in [3.05, 3.63) is 29.0 Å². The molecule has 7 heteroatoms. The highest BCUT2D eigenvalue weighted by molar-refractivity contribution is 7.13. The lowest BCUT2D eigenvalue weighted by Gasteiger charge is -2.00. The molecule has 0 spiro atoms. The molecule has 0 atom stereocenters. The molecule has 0 aliphatic carbocycles. The molecule has 0 saturated carbocycles. The summed E-state index contributed by atoms with van der Waals surface area (Å²) in [5.74, 6) is -0.205. The number of hydrogen-bond donors (Lipinski definition) is 1. The molecule has 0 unspecified atom stereocenters. The zero-order valence-electron chi connectivity index (χ0n) is 11.6. The predicted molar refractivity (Wildman–Crippen MR) is 77.9 cm³/mol. The molecule has 0 bridgehead atoms. The fourth-order valence-corrected chi connectivity index (χ4v) is 2.52. The third kappa shape index (κ3) is 4.34. The van der Waals surface area contributed by atoms with Crippen LogP contribution in [0.4, 0.5) is 5.13 Å². The van der Waals surface area contributed by atoms with Crippen LogP contribution in [0.15, 0.2) is 17.8 Å². The van der Waals surface area contributed by atoms with Gasteiger partial charge in [-0.1, -0.05) is 0 Å². The summed E-state index contributed by atoms with van der Waals surface area (Å²) in [5.41, 5.74) is 2.12. The van der Waals surface area contributed by atoms with Gasteiger partial charge in [0.15, 0.2) is 5.13 Å². The first-order chi connectivity index (χ1) is 9.67. The van der Waals surface area contributed by atoms with E-state index in [1.54, 1.807) is 16.0 Å². The largest absolute Gasteiger partial charge is 0.469 e. The molecular weight excluding hydrogens is 276 g/mol. The maximum Gasteiger partial charge on any atom is 0.305 e. The number of carbonyl (C=O) groups excluding carboxylic acids is 1. The molecule has 2 aromatic rings. The van der Waals surface area contributed by atoms with E-state index in [-0.39, 0.29) is 5.97 Å². The average molecular weight is 294 g/mol. The van der Waals surface area contributed by atoms with Crippen molar-refractivity contribution in [2.45, 2.75) is 19.3 Å². The highest BCUT2D eigenvalue weighted by atomic mass is 32.1. The predicted octanol–water partition coefficient (Wildman–Crippen LogP) is 1.64. The van der Waals surface area contributed by atoms with Gasteiger partial charge >= 0.3 is 5.97 Å². The van der Waals surface area contributed by atoms with Gasteiger partial charge in [-0.3, -0.25) is 9.48 Å². The maximum atomic E-state index is 11.1. The number of aromatic nitrogens is 3. The van der Waals surface area contributed by atoms with E-state index in [0.29, 0.717) is 12.8 Å². The van der Waals surface area contributed by atoms with Crippen molar-refractivity contribution in [2.75, 3.05) is 19.0 Å². The van der Waals surface area contributed by atoms with Crippen LogP contribution in [-0.2, 0) is 29.4 Å². The molecule has 0 aromatic carbocycles. The lowest BCUT2D eigenvalue weighted by molar-refractivity contribution is -0.140. The van der Waals surface area contributed by atoms with Crippen LogP contribution in [0, 0.1) is 0 Å². The van der Waals surface area contributed by atoms with Gasteiger partial charge in [0.05, 0.1) is 25.4 Å². The Labute approximate surface area is 121 Å². The molecule has 6 nitrogen and oxygen atoms in total. The third-order valence-electron chi connectivity index (χ3n) is 2.81. The van der Waals surface area contributed by atoms with Crippen LogP contribution < -0.4 is 5.32 Å².